The number of hydrogen-bond donors (Lipinski definition) is 6. The van der Waals surface area contributed by atoms with E-state index in [0.717, 1.165) is 57.8 Å². The van der Waals surface area contributed by atoms with Gasteiger partial charge in [0, 0.05) is 31.8 Å². The summed E-state index contributed by atoms with van der Waals surface area (Å²) in [5.74, 6) is -2.82. The molecule has 2 unspecified atom stereocenters. The van der Waals surface area contributed by atoms with Crippen LogP contribution >= 0.6 is 0 Å². The normalized spacial score (nSPS) is 13.1. The maximum absolute atomic E-state index is 13.5. The average molecular weight is 762 g/mol. The van der Waals surface area contributed by atoms with E-state index in [9.17, 15) is 19.2 Å². The Bertz CT molecular complexity index is 1020. The zero-order chi connectivity index (χ0) is 40.2. The van der Waals surface area contributed by atoms with Gasteiger partial charge in [0.05, 0.1) is 6.04 Å². The van der Waals surface area contributed by atoms with Crippen LogP contribution in [0.3, 0.4) is 0 Å². The molecule has 54 heavy (non-hydrogen) atoms. The molecule has 0 bridgehead atoms. The molecule has 0 aliphatic rings. The van der Waals surface area contributed by atoms with Crippen LogP contribution in [0.5, 0.6) is 0 Å². The van der Waals surface area contributed by atoms with Crippen LogP contribution in [-0.2, 0) is 19.2 Å². The Morgan fingerprint density at radius 3 is 1.33 bits per heavy atom. The van der Waals surface area contributed by atoms with Crippen molar-refractivity contribution in [1.82, 2.24) is 10.2 Å². The Morgan fingerprint density at radius 2 is 0.944 bits per heavy atom. The number of rotatable bonds is 37. The molecule has 0 radical (unpaired) electrons. The highest BCUT2D eigenvalue weighted by atomic mass is 16.2. The van der Waals surface area contributed by atoms with Gasteiger partial charge in [-0.3, -0.25) is 24.6 Å². The van der Waals surface area contributed by atoms with Crippen LogP contribution in [0.25, 0.3) is 0 Å². The monoisotopic (exact) mass is 762 g/mol. The van der Waals surface area contributed by atoms with E-state index >= 15 is 0 Å². The Labute approximate surface area is 329 Å². The molecular formula is C43H83N7O4. The van der Waals surface area contributed by atoms with Gasteiger partial charge in [0.15, 0.2) is 11.7 Å². The number of allylic oxidation sites excluding steroid dienone is 2. The quantitative estimate of drug-likeness (QED) is 0.0156. The van der Waals surface area contributed by atoms with Crippen molar-refractivity contribution in [1.29, 1.82) is 5.41 Å². The van der Waals surface area contributed by atoms with E-state index in [4.69, 9.17) is 28.3 Å². The molecule has 3 atom stereocenters. The molecule has 0 heterocycles. The van der Waals surface area contributed by atoms with Crippen LogP contribution in [0.4, 0.5) is 0 Å². The average Bonchev–Trinajstić information content (AvgIpc) is 3.14. The van der Waals surface area contributed by atoms with E-state index in [1.54, 1.807) is 0 Å². The van der Waals surface area contributed by atoms with Gasteiger partial charge in [-0.25, -0.2) is 4.90 Å². The summed E-state index contributed by atoms with van der Waals surface area (Å²) in [5.41, 5.74) is 23.6. The molecule has 11 heteroatoms. The first-order valence-electron chi connectivity index (χ1n) is 22.0. The van der Waals surface area contributed by atoms with E-state index in [0.29, 0.717) is 30.7 Å². The number of guanidine groups is 1. The summed E-state index contributed by atoms with van der Waals surface area (Å²) >= 11 is 0. The van der Waals surface area contributed by atoms with Crippen molar-refractivity contribution in [2.75, 3.05) is 6.54 Å². The maximum atomic E-state index is 13.5. The van der Waals surface area contributed by atoms with E-state index in [2.05, 4.69) is 31.3 Å². The number of nitrogens with one attached hydrogen (secondary N) is 2. The fourth-order valence-corrected chi connectivity index (χ4v) is 6.64. The number of hydrogen-bond acceptors (Lipinski definition) is 8. The second-order valence-electron chi connectivity index (χ2n) is 15.4. The van der Waals surface area contributed by atoms with Crippen molar-refractivity contribution in [3.05, 3.63) is 12.2 Å². The fourth-order valence-electron chi connectivity index (χ4n) is 6.64. The molecule has 10 N–H and O–H groups in total. The standard InChI is InChI=1S/C43H83N7O4/c1-3-5-7-9-11-13-15-17-18-20-22-24-26-28-30-32-39(53)50(38(52)31-29-27-25-23-21-19-16-14-12-10-8-6-4-2)42(54)41(46)40(45)37(51)35-36(44)33-34-49-43(47)48/h17-18,36,40-41H,3-16,19-35,44-46H2,1-2H3,(H4,47,48,49)/b18-17-/t36-,40?,41?/m1/s1. The number of unbranched alkanes of at least 4 members (excludes halogenated alkanes) is 23. The number of carbonyl (C=O) groups excluding carboxylic acids is 4. The van der Waals surface area contributed by atoms with Crippen LogP contribution in [0.1, 0.15) is 206 Å². The highest BCUT2D eigenvalue weighted by molar-refractivity contribution is 6.13. The number of carbonyl (C=O) groups is 4. The SMILES string of the molecule is CCCCCCCC/C=C\CCCCCCCC(=O)N(C(=O)CCCCCCCCCCCCCCC)C(=O)C(N)C(N)C(=O)C[C@H](N)CCNC(=N)N. The Balaban J connectivity index is 4.86. The van der Waals surface area contributed by atoms with E-state index < -0.39 is 41.6 Å². The Kier molecular flexibility index (Phi) is 34.3. The van der Waals surface area contributed by atoms with E-state index in [1.165, 1.54) is 96.3 Å². The largest absolute Gasteiger partial charge is 0.370 e. The molecular weight excluding hydrogens is 679 g/mol. The van der Waals surface area contributed by atoms with Gasteiger partial charge in [-0.2, -0.15) is 0 Å². The molecule has 11 nitrogen and oxygen atoms in total. The summed E-state index contributed by atoms with van der Waals surface area (Å²) in [6, 6.07) is -3.55. The Hall–Kier alpha value is -2.63. The first-order valence-corrected chi connectivity index (χ1v) is 22.0. The van der Waals surface area contributed by atoms with Crippen LogP contribution in [0.2, 0.25) is 0 Å². The minimum atomic E-state index is -1.55. The zero-order valence-electron chi connectivity index (χ0n) is 34.7. The summed E-state index contributed by atoms with van der Waals surface area (Å²) in [5, 5.41) is 9.86. The van der Waals surface area contributed by atoms with Crippen LogP contribution in [0.15, 0.2) is 12.2 Å². The second-order valence-corrected chi connectivity index (χ2v) is 15.4. The van der Waals surface area contributed by atoms with Gasteiger partial charge in [-0.15, -0.1) is 0 Å². The lowest BCUT2D eigenvalue weighted by molar-refractivity contribution is -0.155. The summed E-state index contributed by atoms with van der Waals surface area (Å²) < 4.78 is 0. The predicted molar refractivity (Wildman–Crippen MR) is 225 cm³/mol. The first-order chi connectivity index (χ1) is 26.1. The van der Waals surface area contributed by atoms with Gasteiger partial charge in [-0.05, 0) is 44.9 Å². The molecule has 0 aromatic rings. The molecule has 0 spiro atoms. The fraction of sp³-hybridized carbons (Fsp3) is 0.837. The van der Waals surface area contributed by atoms with Crippen molar-refractivity contribution in [2.24, 2.45) is 22.9 Å². The minimum absolute atomic E-state index is 0.0537. The van der Waals surface area contributed by atoms with Crippen molar-refractivity contribution in [3.8, 4) is 0 Å². The molecule has 3 amide bonds. The molecule has 0 saturated heterocycles. The minimum Gasteiger partial charge on any atom is -0.370 e. The van der Waals surface area contributed by atoms with Gasteiger partial charge in [-0.1, -0.05) is 154 Å². The number of imide groups is 3. The van der Waals surface area contributed by atoms with E-state index in [-0.39, 0.29) is 25.2 Å². The van der Waals surface area contributed by atoms with Gasteiger partial charge >= 0.3 is 0 Å². The van der Waals surface area contributed by atoms with Crippen molar-refractivity contribution >= 4 is 29.5 Å². The molecule has 0 rings (SSSR count). The molecule has 0 aromatic heterocycles. The third kappa shape index (κ3) is 28.8. The lowest BCUT2D eigenvalue weighted by Crippen LogP contribution is -2.59. The van der Waals surface area contributed by atoms with Crippen LogP contribution in [0, 0.1) is 5.41 Å². The smallest absolute Gasteiger partial charge is 0.255 e. The summed E-state index contributed by atoms with van der Waals surface area (Å²) in [4.78, 5) is 53.8. The van der Waals surface area contributed by atoms with Crippen LogP contribution in [-0.4, -0.2) is 59.0 Å². The highest BCUT2D eigenvalue weighted by Gasteiger charge is 2.36. The third-order valence-corrected chi connectivity index (χ3v) is 10.2. The molecule has 0 fully saturated rings. The zero-order valence-corrected chi connectivity index (χ0v) is 34.7. The number of nitrogens with two attached hydrogens (primary N) is 4. The van der Waals surface area contributed by atoms with Crippen molar-refractivity contribution in [2.45, 2.75) is 225 Å². The second kappa shape index (κ2) is 36.0. The van der Waals surface area contributed by atoms with Gasteiger partial charge < -0.3 is 28.3 Å². The molecule has 0 aliphatic heterocycles. The van der Waals surface area contributed by atoms with Crippen molar-refractivity contribution in [3.63, 3.8) is 0 Å². The van der Waals surface area contributed by atoms with Gasteiger partial charge in [0.1, 0.15) is 6.04 Å². The number of nitrogens with zero attached hydrogens (tertiary/aromatic N) is 1. The third-order valence-electron chi connectivity index (χ3n) is 10.2. The molecule has 0 aliphatic carbocycles. The maximum Gasteiger partial charge on any atom is 0.255 e. The van der Waals surface area contributed by atoms with Crippen molar-refractivity contribution < 1.29 is 19.2 Å². The lowest BCUT2D eigenvalue weighted by atomic mass is 9.97. The number of amides is 3. The summed E-state index contributed by atoms with van der Waals surface area (Å²) in [6.45, 7) is 4.78. The topological polar surface area (TPSA) is 211 Å². The van der Waals surface area contributed by atoms with Gasteiger partial charge in [0.25, 0.3) is 5.91 Å². The molecule has 314 valence electrons. The summed E-state index contributed by atoms with van der Waals surface area (Å²) in [7, 11) is 0. The van der Waals surface area contributed by atoms with Crippen LogP contribution < -0.4 is 28.3 Å². The predicted octanol–water partition coefficient (Wildman–Crippen LogP) is 8.20. The first kappa shape index (κ1) is 51.4. The Morgan fingerprint density at radius 1 is 0.574 bits per heavy atom. The molecule has 0 aromatic carbocycles. The van der Waals surface area contributed by atoms with E-state index in [1.807, 2.05) is 0 Å². The number of ketones is 1. The summed E-state index contributed by atoms with van der Waals surface area (Å²) in [6.07, 6.45) is 34.6. The van der Waals surface area contributed by atoms with Gasteiger partial charge in [0.2, 0.25) is 11.8 Å². The number of Topliss-reactive ketones (excluding diaryl/α,β-unsaturated/α-hetero) is 1. The lowest BCUT2D eigenvalue weighted by Gasteiger charge is -2.26. The molecule has 0 saturated carbocycles. The highest BCUT2D eigenvalue weighted by Crippen LogP contribution is 2.16.